The van der Waals surface area contributed by atoms with Crippen molar-refractivity contribution in [1.29, 1.82) is 0 Å². The van der Waals surface area contributed by atoms with E-state index in [1.807, 2.05) is 25.1 Å². The molecule has 1 atom stereocenters. The van der Waals surface area contributed by atoms with Crippen LogP contribution < -0.4 is 5.73 Å². The average molecular weight is 426 g/mol. The zero-order valence-corrected chi connectivity index (χ0v) is 17.4. The van der Waals surface area contributed by atoms with Crippen molar-refractivity contribution in [2.45, 2.75) is 26.3 Å². The lowest BCUT2D eigenvalue weighted by Gasteiger charge is -2.35. The maximum atomic E-state index is 15.4. The number of hydrogen-bond acceptors (Lipinski definition) is 2. The molecule has 4 rings (SSSR count). The summed E-state index contributed by atoms with van der Waals surface area (Å²) in [6.07, 6.45) is 1.87. The van der Waals surface area contributed by atoms with E-state index < -0.39 is 11.7 Å². The van der Waals surface area contributed by atoms with Crippen molar-refractivity contribution in [3.05, 3.63) is 70.1 Å². The number of carbonyl (C=O) groups is 2. The number of benzene rings is 2. The standard InChI is InChI=1S/C23H21ClFN3O2/c1-4-18(29)28-9-8-14-13(12(28)3)6-5-7-15(14)19-17(25)10-16(23(26)30)22-20(19)21(24)11(2)27-22/h4-7,10,12,27H,1,8-9H2,2-3H3,(H2,26,30). The topological polar surface area (TPSA) is 79.2 Å². The molecule has 7 heteroatoms. The molecule has 30 heavy (non-hydrogen) atoms. The Morgan fingerprint density at radius 1 is 1.40 bits per heavy atom. The number of primary amides is 1. The van der Waals surface area contributed by atoms with Gasteiger partial charge in [-0.1, -0.05) is 36.4 Å². The van der Waals surface area contributed by atoms with Gasteiger partial charge in [0.15, 0.2) is 0 Å². The summed E-state index contributed by atoms with van der Waals surface area (Å²) < 4.78 is 15.4. The Balaban J connectivity index is 2.00. The molecule has 2 amide bonds. The van der Waals surface area contributed by atoms with Gasteiger partial charge in [0, 0.05) is 23.2 Å². The highest BCUT2D eigenvalue weighted by Gasteiger charge is 2.30. The molecular formula is C23H21ClFN3O2. The zero-order chi connectivity index (χ0) is 21.7. The number of aryl methyl sites for hydroxylation is 1. The second-order valence-corrected chi connectivity index (χ2v) is 7.87. The first-order valence-corrected chi connectivity index (χ1v) is 9.99. The molecule has 0 saturated carbocycles. The fourth-order valence-electron chi connectivity index (χ4n) is 4.41. The van der Waals surface area contributed by atoms with E-state index in [-0.39, 0.29) is 17.5 Å². The Bertz CT molecular complexity index is 1230. The molecule has 2 heterocycles. The fraction of sp³-hybridized carbons (Fsp3) is 0.217. The Morgan fingerprint density at radius 2 is 2.13 bits per heavy atom. The Hall–Kier alpha value is -3.12. The molecule has 3 N–H and O–H groups in total. The number of aromatic nitrogens is 1. The van der Waals surface area contributed by atoms with Crippen molar-refractivity contribution in [3.8, 4) is 11.1 Å². The van der Waals surface area contributed by atoms with Crippen LogP contribution in [-0.2, 0) is 11.2 Å². The van der Waals surface area contributed by atoms with Crippen LogP contribution in [0.15, 0.2) is 36.9 Å². The maximum Gasteiger partial charge on any atom is 0.250 e. The van der Waals surface area contributed by atoms with E-state index in [1.54, 1.807) is 11.8 Å². The quantitative estimate of drug-likeness (QED) is 0.598. The van der Waals surface area contributed by atoms with Crippen molar-refractivity contribution in [2.75, 3.05) is 6.54 Å². The highest BCUT2D eigenvalue weighted by atomic mass is 35.5. The van der Waals surface area contributed by atoms with Crippen LogP contribution in [0.1, 0.15) is 40.1 Å². The molecule has 0 radical (unpaired) electrons. The van der Waals surface area contributed by atoms with Crippen LogP contribution in [-0.4, -0.2) is 28.2 Å². The lowest BCUT2D eigenvalue weighted by atomic mass is 9.85. The first-order chi connectivity index (χ1) is 14.3. The van der Waals surface area contributed by atoms with Crippen molar-refractivity contribution in [3.63, 3.8) is 0 Å². The molecule has 1 aliphatic rings. The smallest absolute Gasteiger partial charge is 0.250 e. The van der Waals surface area contributed by atoms with Gasteiger partial charge in [-0.15, -0.1) is 0 Å². The number of H-pyrrole nitrogens is 1. The van der Waals surface area contributed by atoms with E-state index in [9.17, 15) is 9.59 Å². The third kappa shape index (κ3) is 2.91. The van der Waals surface area contributed by atoms with Crippen LogP contribution in [0.5, 0.6) is 0 Å². The molecule has 0 bridgehead atoms. The van der Waals surface area contributed by atoms with E-state index in [0.717, 1.165) is 17.2 Å². The van der Waals surface area contributed by atoms with Gasteiger partial charge in [-0.3, -0.25) is 9.59 Å². The van der Waals surface area contributed by atoms with Crippen molar-refractivity contribution in [1.82, 2.24) is 9.88 Å². The van der Waals surface area contributed by atoms with Crippen molar-refractivity contribution in [2.24, 2.45) is 5.73 Å². The number of amides is 2. The molecule has 0 aliphatic carbocycles. The number of nitrogens with one attached hydrogen (secondary N) is 1. The van der Waals surface area contributed by atoms with Crippen LogP contribution in [0.2, 0.25) is 5.02 Å². The maximum absolute atomic E-state index is 15.4. The van der Waals surface area contributed by atoms with Crippen molar-refractivity contribution < 1.29 is 14.0 Å². The van der Waals surface area contributed by atoms with E-state index in [1.165, 1.54) is 6.08 Å². The number of carbonyl (C=O) groups excluding carboxylic acids is 2. The third-order valence-electron chi connectivity index (χ3n) is 5.87. The molecule has 1 unspecified atom stereocenters. The minimum absolute atomic E-state index is 0.0576. The summed E-state index contributed by atoms with van der Waals surface area (Å²) in [6, 6.07) is 6.62. The monoisotopic (exact) mass is 425 g/mol. The minimum Gasteiger partial charge on any atom is -0.366 e. The lowest BCUT2D eigenvalue weighted by Crippen LogP contribution is -2.38. The van der Waals surface area contributed by atoms with Gasteiger partial charge in [0.05, 0.1) is 22.1 Å². The van der Waals surface area contributed by atoms with Gasteiger partial charge in [-0.05, 0) is 49.1 Å². The van der Waals surface area contributed by atoms with Gasteiger partial charge < -0.3 is 15.6 Å². The minimum atomic E-state index is -0.731. The molecule has 5 nitrogen and oxygen atoms in total. The van der Waals surface area contributed by atoms with Crippen LogP contribution >= 0.6 is 11.6 Å². The average Bonchev–Trinajstić information content (AvgIpc) is 3.01. The number of nitrogens with two attached hydrogens (primary N) is 1. The molecule has 3 aromatic rings. The van der Waals surface area contributed by atoms with Crippen molar-refractivity contribution >= 4 is 34.3 Å². The summed E-state index contributed by atoms with van der Waals surface area (Å²) in [5.41, 5.74) is 9.51. The number of halogens is 2. The normalized spacial score (nSPS) is 15.9. The lowest BCUT2D eigenvalue weighted by molar-refractivity contribution is -0.128. The second kappa shape index (κ2) is 7.29. The van der Waals surface area contributed by atoms with Gasteiger partial charge in [-0.25, -0.2) is 4.39 Å². The van der Waals surface area contributed by atoms with E-state index in [2.05, 4.69) is 11.6 Å². The molecule has 0 saturated heterocycles. The largest absolute Gasteiger partial charge is 0.366 e. The fourth-order valence-corrected chi connectivity index (χ4v) is 4.64. The van der Waals surface area contributed by atoms with Gasteiger partial charge in [0.1, 0.15) is 5.82 Å². The van der Waals surface area contributed by atoms with E-state index in [4.69, 9.17) is 17.3 Å². The molecular weight excluding hydrogens is 405 g/mol. The number of rotatable bonds is 3. The van der Waals surface area contributed by atoms with E-state index in [0.29, 0.717) is 45.7 Å². The summed E-state index contributed by atoms with van der Waals surface area (Å²) >= 11 is 6.53. The van der Waals surface area contributed by atoms with Gasteiger partial charge in [0.2, 0.25) is 5.91 Å². The Labute approximate surface area is 178 Å². The summed E-state index contributed by atoms with van der Waals surface area (Å²) in [6.45, 7) is 7.78. The summed E-state index contributed by atoms with van der Waals surface area (Å²) in [5.74, 6) is -1.43. The van der Waals surface area contributed by atoms with E-state index >= 15 is 4.39 Å². The van der Waals surface area contributed by atoms with Crippen LogP contribution in [0.4, 0.5) is 4.39 Å². The molecule has 0 spiro atoms. The zero-order valence-electron chi connectivity index (χ0n) is 16.7. The molecule has 2 aromatic carbocycles. The molecule has 1 aromatic heterocycles. The Kier molecular flexibility index (Phi) is 4.90. The molecule has 1 aliphatic heterocycles. The summed E-state index contributed by atoms with van der Waals surface area (Å²) in [4.78, 5) is 28.9. The predicted molar refractivity (Wildman–Crippen MR) is 116 cm³/mol. The number of fused-ring (bicyclic) bond motifs is 2. The third-order valence-corrected chi connectivity index (χ3v) is 6.34. The van der Waals surface area contributed by atoms with Gasteiger partial charge >= 0.3 is 0 Å². The van der Waals surface area contributed by atoms with Crippen LogP contribution in [0, 0.1) is 12.7 Å². The second-order valence-electron chi connectivity index (χ2n) is 7.49. The van der Waals surface area contributed by atoms with Gasteiger partial charge in [0.25, 0.3) is 5.91 Å². The molecule has 154 valence electrons. The predicted octanol–water partition coefficient (Wildman–Crippen LogP) is 4.67. The molecule has 0 fully saturated rings. The van der Waals surface area contributed by atoms with Crippen LogP contribution in [0.25, 0.3) is 22.0 Å². The summed E-state index contributed by atoms with van der Waals surface area (Å²) in [7, 11) is 0. The SMILES string of the molecule is C=CC(=O)N1CCc2c(-c3c(F)cc(C(N)=O)c4[nH]c(C)c(Cl)c34)cccc2C1C. The number of nitrogens with zero attached hydrogens (tertiary/aromatic N) is 1. The number of aromatic amines is 1. The highest BCUT2D eigenvalue weighted by molar-refractivity contribution is 6.38. The van der Waals surface area contributed by atoms with Crippen LogP contribution in [0.3, 0.4) is 0 Å². The van der Waals surface area contributed by atoms with Gasteiger partial charge in [-0.2, -0.15) is 0 Å². The first kappa shape index (κ1) is 20.2. The Morgan fingerprint density at radius 3 is 2.80 bits per heavy atom. The highest BCUT2D eigenvalue weighted by Crippen LogP contribution is 2.43. The number of hydrogen-bond donors (Lipinski definition) is 2. The summed E-state index contributed by atoms with van der Waals surface area (Å²) in [5, 5.41) is 0.792. The first-order valence-electron chi connectivity index (χ1n) is 9.61.